The number of piperidine rings is 1. The molecule has 2 unspecified atom stereocenters. The molecule has 0 radical (unpaired) electrons. The van der Waals surface area contributed by atoms with E-state index in [0.717, 1.165) is 38.5 Å². The number of hydrogen-bond donors (Lipinski definition) is 2. The van der Waals surface area contributed by atoms with E-state index in [9.17, 15) is 13.5 Å². The van der Waals surface area contributed by atoms with Crippen molar-refractivity contribution in [3.05, 3.63) is 0 Å². The van der Waals surface area contributed by atoms with Crippen LogP contribution in [0, 0.1) is 11.8 Å². The zero-order valence-electron chi connectivity index (χ0n) is 11.7. The van der Waals surface area contributed by atoms with E-state index in [0.29, 0.717) is 25.6 Å². The van der Waals surface area contributed by atoms with E-state index in [1.165, 1.54) is 0 Å². The number of hydrogen-bond acceptors (Lipinski definition) is 3. The normalized spacial score (nSPS) is 31.5. The van der Waals surface area contributed by atoms with Crippen molar-refractivity contribution in [2.75, 3.05) is 19.6 Å². The summed E-state index contributed by atoms with van der Waals surface area (Å²) in [7, 11) is -3.32. The minimum absolute atomic E-state index is 0.251. The first-order chi connectivity index (χ1) is 8.97. The maximum atomic E-state index is 12.2. The fourth-order valence-electron chi connectivity index (χ4n) is 2.99. The van der Waals surface area contributed by atoms with Gasteiger partial charge >= 0.3 is 0 Å². The highest BCUT2D eigenvalue weighted by atomic mass is 32.2. The van der Waals surface area contributed by atoms with E-state index in [-0.39, 0.29) is 12.0 Å². The lowest BCUT2D eigenvalue weighted by Gasteiger charge is -2.31. The first kappa shape index (κ1) is 15.2. The zero-order chi connectivity index (χ0) is 13.9. The summed E-state index contributed by atoms with van der Waals surface area (Å²) in [5.74, 6) is 0.905. The molecule has 2 fully saturated rings. The van der Waals surface area contributed by atoms with Crippen LogP contribution in [-0.4, -0.2) is 43.6 Å². The second-order valence-corrected chi connectivity index (χ2v) is 7.88. The van der Waals surface area contributed by atoms with Gasteiger partial charge in [0.05, 0.1) is 6.10 Å². The van der Waals surface area contributed by atoms with Gasteiger partial charge in [-0.05, 0) is 43.9 Å². The van der Waals surface area contributed by atoms with Crippen molar-refractivity contribution in [2.24, 2.45) is 11.8 Å². The Morgan fingerprint density at radius 1 is 1.21 bits per heavy atom. The van der Waals surface area contributed by atoms with Gasteiger partial charge in [-0.3, -0.25) is 0 Å². The molecule has 1 saturated heterocycles. The van der Waals surface area contributed by atoms with E-state index >= 15 is 0 Å². The molecule has 1 saturated carbocycles. The van der Waals surface area contributed by atoms with Crippen molar-refractivity contribution < 1.29 is 13.5 Å². The molecule has 0 spiro atoms. The Kier molecular flexibility index (Phi) is 5.22. The second kappa shape index (κ2) is 6.52. The summed E-state index contributed by atoms with van der Waals surface area (Å²) in [6, 6.07) is 0. The lowest BCUT2D eigenvalue weighted by molar-refractivity contribution is 0.102. The molecule has 2 N–H and O–H groups in total. The van der Waals surface area contributed by atoms with Crippen molar-refractivity contribution >= 4 is 10.2 Å². The third kappa shape index (κ3) is 4.41. The Hall–Kier alpha value is -0.170. The standard InChI is InChI=1S/C13H26N2O3S/c1-11-5-7-15(8-6-11)19(17,18)14-10-12-3-2-4-13(16)9-12/h11-14,16H,2-10H2,1H3. The highest BCUT2D eigenvalue weighted by Crippen LogP contribution is 2.24. The largest absolute Gasteiger partial charge is 0.393 e. The molecule has 1 aliphatic heterocycles. The molecule has 112 valence electrons. The Balaban J connectivity index is 1.80. The Labute approximate surface area is 116 Å². The Bertz CT molecular complexity index is 377. The van der Waals surface area contributed by atoms with Gasteiger partial charge in [0.1, 0.15) is 0 Å². The van der Waals surface area contributed by atoms with Crippen LogP contribution in [0.3, 0.4) is 0 Å². The van der Waals surface area contributed by atoms with E-state index in [1.54, 1.807) is 4.31 Å². The van der Waals surface area contributed by atoms with Crippen LogP contribution >= 0.6 is 0 Å². The monoisotopic (exact) mass is 290 g/mol. The van der Waals surface area contributed by atoms with Crippen LogP contribution in [0.15, 0.2) is 0 Å². The molecule has 0 aromatic rings. The molecule has 0 aromatic heterocycles. The topological polar surface area (TPSA) is 69.6 Å². The predicted molar refractivity (Wildman–Crippen MR) is 74.9 cm³/mol. The molecule has 0 amide bonds. The van der Waals surface area contributed by atoms with Gasteiger partial charge in [0.25, 0.3) is 10.2 Å². The van der Waals surface area contributed by atoms with Gasteiger partial charge in [0, 0.05) is 19.6 Å². The third-order valence-electron chi connectivity index (χ3n) is 4.39. The summed E-state index contributed by atoms with van der Waals surface area (Å²) in [6.45, 7) is 3.89. The first-order valence-corrected chi connectivity index (χ1v) is 8.84. The van der Waals surface area contributed by atoms with Gasteiger partial charge in [-0.1, -0.05) is 13.3 Å². The zero-order valence-corrected chi connectivity index (χ0v) is 12.5. The van der Waals surface area contributed by atoms with E-state index in [4.69, 9.17) is 0 Å². The van der Waals surface area contributed by atoms with Crippen molar-refractivity contribution in [1.29, 1.82) is 0 Å². The number of aliphatic hydroxyl groups excluding tert-OH is 1. The fraction of sp³-hybridized carbons (Fsp3) is 1.00. The van der Waals surface area contributed by atoms with Crippen molar-refractivity contribution in [1.82, 2.24) is 9.03 Å². The smallest absolute Gasteiger partial charge is 0.279 e. The average Bonchev–Trinajstić information content (AvgIpc) is 2.37. The van der Waals surface area contributed by atoms with E-state index < -0.39 is 10.2 Å². The molecular formula is C13H26N2O3S. The third-order valence-corrected chi connectivity index (χ3v) is 5.97. The summed E-state index contributed by atoms with van der Waals surface area (Å²) in [5, 5.41) is 9.60. The highest BCUT2D eigenvalue weighted by molar-refractivity contribution is 7.87. The lowest BCUT2D eigenvalue weighted by atomic mass is 9.87. The SMILES string of the molecule is CC1CCN(S(=O)(=O)NCC2CCCC(O)C2)CC1. The molecule has 2 rings (SSSR count). The average molecular weight is 290 g/mol. The quantitative estimate of drug-likeness (QED) is 0.814. The van der Waals surface area contributed by atoms with E-state index in [2.05, 4.69) is 11.6 Å². The van der Waals surface area contributed by atoms with Crippen LogP contribution in [0.1, 0.15) is 45.4 Å². The van der Waals surface area contributed by atoms with Crippen LogP contribution in [0.25, 0.3) is 0 Å². The van der Waals surface area contributed by atoms with Crippen molar-refractivity contribution in [3.8, 4) is 0 Å². The van der Waals surface area contributed by atoms with Gasteiger partial charge in [-0.2, -0.15) is 12.7 Å². The highest BCUT2D eigenvalue weighted by Gasteiger charge is 2.28. The molecule has 1 heterocycles. The predicted octanol–water partition coefficient (Wildman–Crippen LogP) is 1.10. The maximum Gasteiger partial charge on any atom is 0.279 e. The van der Waals surface area contributed by atoms with Crippen LogP contribution in [0.2, 0.25) is 0 Å². The van der Waals surface area contributed by atoms with Crippen LogP contribution < -0.4 is 4.72 Å². The Morgan fingerprint density at radius 2 is 1.89 bits per heavy atom. The van der Waals surface area contributed by atoms with Crippen LogP contribution in [-0.2, 0) is 10.2 Å². The summed E-state index contributed by atoms with van der Waals surface area (Å²) in [4.78, 5) is 0. The number of aliphatic hydroxyl groups is 1. The molecule has 0 aromatic carbocycles. The second-order valence-electron chi connectivity index (χ2n) is 6.12. The van der Waals surface area contributed by atoms with Gasteiger partial charge < -0.3 is 5.11 Å². The molecule has 2 aliphatic rings. The van der Waals surface area contributed by atoms with Gasteiger partial charge in [-0.25, -0.2) is 4.72 Å². The van der Waals surface area contributed by atoms with Gasteiger partial charge in [0.2, 0.25) is 0 Å². The molecule has 1 aliphatic carbocycles. The molecule has 5 nitrogen and oxygen atoms in total. The summed E-state index contributed by atoms with van der Waals surface area (Å²) in [5.41, 5.74) is 0. The maximum absolute atomic E-state index is 12.2. The lowest BCUT2D eigenvalue weighted by Crippen LogP contribution is -2.46. The van der Waals surface area contributed by atoms with Gasteiger partial charge in [0.15, 0.2) is 0 Å². The summed E-state index contributed by atoms with van der Waals surface area (Å²) in [6.07, 6.45) is 5.23. The number of rotatable bonds is 4. The first-order valence-electron chi connectivity index (χ1n) is 7.40. The van der Waals surface area contributed by atoms with Crippen LogP contribution in [0.5, 0.6) is 0 Å². The molecule has 0 bridgehead atoms. The Morgan fingerprint density at radius 3 is 2.53 bits per heavy atom. The molecule has 6 heteroatoms. The summed E-state index contributed by atoms with van der Waals surface area (Å²) >= 11 is 0. The minimum Gasteiger partial charge on any atom is -0.393 e. The van der Waals surface area contributed by atoms with Crippen LogP contribution in [0.4, 0.5) is 0 Å². The molecular weight excluding hydrogens is 264 g/mol. The van der Waals surface area contributed by atoms with Crippen molar-refractivity contribution in [2.45, 2.75) is 51.6 Å². The molecule has 19 heavy (non-hydrogen) atoms. The summed E-state index contributed by atoms with van der Waals surface area (Å²) < 4.78 is 28.6. The molecule has 2 atom stereocenters. The van der Waals surface area contributed by atoms with E-state index in [1.807, 2.05) is 0 Å². The number of nitrogens with one attached hydrogen (secondary N) is 1. The van der Waals surface area contributed by atoms with Crippen molar-refractivity contribution in [3.63, 3.8) is 0 Å². The number of nitrogens with zero attached hydrogens (tertiary/aromatic N) is 1. The minimum atomic E-state index is -3.32. The van der Waals surface area contributed by atoms with Gasteiger partial charge in [-0.15, -0.1) is 0 Å². The fourth-order valence-corrected chi connectivity index (χ4v) is 4.31.